The quantitative estimate of drug-likeness (QED) is 0.620. The fourth-order valence-electron chi connectivity index (χ4n) is 3.57. The number of carbonyl (C=O) groups is 1. The Morgan fingerprint density at radius 1 is 0.962 bits per heavy atom. The number of anilines is 2. The minimum atomic E-state index is -1.27. The van der Waals surface area contributed by atoms with Crippen molar-refractivity contribution in [2.45, 2.75) is 0 Å². The summed E-state index contributed by atoms with van der Waals surface area (Å²) in [6.07, 6.45) is 0. The zero-order valence-electron chi connectivity index (χ0n) is 15.2. The van der Waals surface area contributed by atoms with E-state index in [4.69, 9.17) is 0 Å². The molecule has 142 valence electrons. The van der Waals surface area contributed by atoms with Crippen LogP contribution < -0.4 is 9.80 Å². The summed E-state index contributed by atoms with van der Waals surface area (Å²) in [5.41, 5.74) is 0.673. The van der Waals surface area contributed by atoms with Gasteiger partial charge in [0.15, 0.2) is 0 Å². The average molecular weight is 363 g/mol. The number of aromatic carboxylic acids is 1. The van der Waals surface area contributed by atoms with Crippen LogP contribution in [0.2, 0.25) is 0 Å². The first-order valence-corrected chi connectivity index (χ1v) is 8.80. The number of carboxylic acids is 1. The van der Waals surface area contributed by atoms with Gasteiger partial charge in [-0.05, 0) is 26.2 Å². The molecule has 1 aromatic carbocycles. The van der Waals surface area contributed by atoms with Crippen LogP contribution in [-0.2, 0) is 0 Å². The lowest BCUT2D eigenvalue weighted by molar-refractivity contribution is -0.384. The van der Waals surface area contributed by atoms with Crippen LogP contribution in [0.1, 0.15) is 10.4 Å². The molecule has 2 aliphatic heterocycles. The molecule has 3 rings (SSSR count). The van der Waals surface area contributed by atoms with Crippen LogP contribution in [-0.4, -0.2) is 92.3 Å². The maximum atomic E-state index is 11.8. The van der Waals surface area contributed by atoms with Gasteiger partial charge in [0.1, 0.15) is 11.3 Å². The van der Waals surface area contributed by atoms with Crippen LogP contribution in [0.25, 0.3) is 0 Å². The van der Waals surface area contributed by atoms with Gasteiger partial charge in [-0.1, -0.05) is 0 Å². The summed E-state index contributed by atoms with van der Waals surface area (Å²) >= 11 is 0. The van der Waals surface area contributed by atoms with Crippen molar-refractivity contribution in [2.24, 2.45) is 0 Å². The summed E-state index contributed by atoms with van der Waals surface area (Å²) < 4.78 is 0. The van der Waals surface area contributed by atoms with Gasteiger partial charge >= 0.3 is 11.7 Å². The van der Waals surface area contributed by atoms with Gasteiger partial charge in [0.25, 0.3) is 0 Å². The Labute approximate surface area is 152 Å². The number of nitro groups is 1. The number of likely N-dealkylation sites (N-methyl/N-ethyl adjacent to an activating group) is 2. The Balaban J connectivity index is 2.09. The maximum Gasteiger partial charge on any atom is 0.342 e. The molecule has 2 saturated heterocycles. The van der Waals surface area contributed by atoms with Crippen molar-refractivity contribution < 1.29 is 14.8 Å². The Morgan fingerprint density at radius 3 is 1.92 bits per heavy atom. The van der Waals surface area contributed by atoms with Crippen molar-refractivity contribution >= 4 is 23.0 Å². The topological polar surface area (TPSA) is 93.4 Å². The molecule has 2 heterocycles. The molecular weight excluding hydrogens is 338 g/mol. The van der Waals surface area contributed by atoms with E-state index in [1.165, 1.54) is 6.07 Å². The molecule has 9 nitrogen and oxygen atoms in total. The molecule has 0 aromatic heterocycles. The maximum absolute atomic E-state index is 11.8. The van der Waals surface area contributed by atoms with Gasteiger partial charge < -0.3 is 24.7 Å². The molecule has 0 atom stereocenters. The van der Waals surface area contributed by atoms with Gasteiger partial charge in [-0.15, -0.1) is 0 Å². The number of rotatable bonds is 4. The molecule has 0 unspecified atom stereocenters. The van der Waals surface area contributed by atoms with Gasteiger partial charge in [0.2, 0.25) is 0 Å². The van der Waals surface area contributed by atoms with Crippen molar-refractivity contribution in [3.8, 4) is 0 Å². The molecule has 1 N–H and O–H groups in total. The highest BCUT2D eigenvalue weighted by Crippen LogP contribution is 2.41. The average Bonchev–Trinajstić information content (AvgIpc) is 2.61. The summed E-state index contributed by atoms with van der Waals surface area (Å²) in [5.74, 6) is -1.27. The van der Waals surface area contributed by atoms with Crippen molar-refractivity contribution in [3.63, 3.8) is 0 Å². The summed E-state index contributed by atoms with van der Waals surface area (Å²) in [6.45, 7) is 6.13. The second kappa shape index (κ2) is 7.46. The minimum absolute atomic E-state index is 0.248. The predicted molar refractivity (Wildman–Crippen MR) is 99.5 cm³/mol. The standard InChI is InChI=1S/C17H25N5O4/c1-18-5-9-20(10-6-18)14-4-3-13(17(23)24)15(22(25)26)16(14)21-11-7-19(2)8-12-21/h3-4H,5-12H2,1-2H3,(H,23,24). The van der Waals surface area contributed by atoms with Crippen LogP contribution in [0.15, 0.2) is 12.1 Å². The highest BCUT2D eigenvalue weighted by atomic mass is 16.6. The zero-order valence-corrected chi connectivity index (χ0v) is 15.2. The molecule has 2 aliphatic rings. The highest BCUT2D eigenvalue weighted by molar-refractivity contribution is 5.99. The van der Waals surface area contributed by atoms with Gasteiger partial charge in [0, 0.05) is 52.4 Å². The summed E-state index contributed by atoms with van der Waals surface area (Å²) in [7, 11) is 4.06. The zero-order chi connectivity index (χ0) is 18.8. The van der Waals surface area contributed by atoms with Crippen LogP contribution in [0.3, 0.4) is 0 Å². The van der Waals surface area contributed by atoms with Crippen LogP contribution in [0.5, 0.6) is 0 Å². The van der Waals surface area contributed by atoms with Gasteiger partial charge in [-0.25, -0.2) is 4.79 Å². The van der Waals surface area contributed by atoms with Crippen LogP contribution in [0, 0.1) is 10.1 Å². The van der Waals surface area contributed by atoms with E-state index in [0.717, 1.165) is 45.0 Å². The molecule has 9 heteroatoms. The van der Waals surface area contributed by atoms with Crippen LogP contribution >= 0.6 is 0 Å². The largest absolute Gasteiger partial charge is 0.477 e. The smallest absolute Gasteiger partial charge is 0.342 e. The second-order valence-corrected chi connectivity index (χ2v) is 6.97. The Bertz CT molecular complexity index is 695. The molecule has 0 aliphatic carbocycles. The molecular formula is C17H25N5O4. The summed E-state index contributed by atoms with van der Waals surface area (Å²) in [6, 6.07) is 3.10. The first-order valence-electron chi connectivity index (χ1n) is 8.80. The lowest BCUT2D eigenvalue weighted by Crippen LogP contribution is -2.47. The van der Waals surface area contributed by atoms with Crippen molar-refractivity contribution in [3.05, 3.63) is 27.8 Å². The molecule has 2 fully saturated rings. The second-order valence-electron chi connectivity index (χ2n) is 6.97. The molecule has 0 amide bonds. The third-order valence-electron chi connectivity index (χ3n) is 5.21. The number of nitro benzene ring substituents is 1. The number of hydrogen-bond donors (Lipinski definition) is 1. The number of hydrogen-bond acceptors (Lipinski definition) is 7. The number of piperazine rings is 2. The van der Waals surface area contributed by atoms with E-state index < -0.39 is 10.9 Å². The molecule has 1 aromatic rings. The van der Waals surface area contributed by atoms with E-state index in [1.54, 1.807) is 6.07 Å². The third kappa shape index (κ3) is 3.58. The van der Waals surface area contributed by atoms with Gasteiger partial charge in [-0.3, -0.25) is 10.1 Å². The number of benzene rings is 1. The fourth-order valence-corrected chi connectivity index (χ4v) is 3.57. The predicted octanol–water partition coefficient (Wildman–Crippen LogP) is 0.797. The molecule has 0 spiro atoms. The lowest BCUT2D eigenvalue weighted by Gasteiger charge is -2.39. The third-order valence-corrected chi connectivity index (χ3v) is 5.21. The van der Waals surface area contributed by atoms with Gasteiger partial charge in [0.05, 0.1) is 10.6 Å². The van der Waals surface area contributed by atoms with Crippen LogP contribution in [0.4, 0.5) is 17.1 Å². The van der Waals surface area contributed by atoms with Crippen molar-refractivity contribution in [2.75, 3.05) is 76.3 Å². The minimum Gasteiger partial charge on any atom is -0.477 e. The Kier molecular flexibility index (Phi) is 5.28. The monoisotopic (exact) mass is 363 g/mol. The van der Waals surface area contributed by atoms with E-state index in [9.17, 15) is 20.0 Å². The van der Waals surface area contributed by atoms with E-state index in [-0.39, 0.29) is 11.3 Å². The molecule has 0 radical (unpaired) electrons. The van der Waals surface area contributed by atoms with Gasteiger partial charge in [-0.2, -0.15) is 0 Å². The highest BCUT2D eigenvalue weighted by Gasteiger charge is 2.33. The Hall–Kier alpha value is -2.39. The normalized spacial score (nSPS) is 19.6. The van der Waals surface area contributed by atoms with E-state index in [1.807, 2.05) is 11.9 Å². The lowest BCUT2D eigenvalue weighted by atomic mass is 10.1. The van der Waals surface area contributed by atoms with Crippen molar-refractivity contribution in [1.29, 1.82) is 0 Å². The number of nitrogens with zero attached hydrogens (tertiary/aromatic N) is 5. The summed E-state index contributed by atoms with van der Waals surface area (Å²) in [4.78, 5) is 31.3. The number of carboxylic acid groups (broad SMARTS) is 1. The van der Waals surface area contributed by atoms with E-state index in [2.05, 4.69) is 21.7 Å². The summed E-state index contributed by atoms with van der Waals surface area (Å²) in [5, 5.41) is 21.3. The molecule has 0 saturated carbocycles. The first-order chi connectivity index (χ1) is 12.4. The first kappa shape index (κ1) is 18.4. The van der Waals surface area contributed by atoms with E-state index in [0.29, 0.717) is 18.8 Å². The fraction of sp³-hybridized carbons (Fsp3) is 0.588. The van der Waals surface area contributed by atoms with Crippen molar-refractivity contribution in [1.82, 2.24) is 9.80 Å². The molecule has 26 heavy (non-hydrogen) atoms. The SMILES string of the molecule is CN1CCN(c2ccc(C(=O)O)c([N+](=O)[O-])c2N2CCN(C)CC2)CC1. The van der Waals surface area contributed by atoms with E-state index >= 15 is 0 Å². The molecule has 0 bridgehead atoms. The Morgan fingerprint density at radius 2 is 1.46 bits per heavy atom.